The SMILES string of the molecule is CC(C)C[C@@]1(C(=O)O)C=C(C(=O)NCc2ccccc2)[C@H](c2nccs2)N1C(=O)c1ccc(C(C)(C)C)cc1. The second kappa shape index (κ2) is 11.1. The van der Waals surface area contributed by atoms with E-state index in [1.165, 1.54) is 22.3 Å². The second-order valence-electron chi connectivity index (χ2n) is 11.4. The predicted molar refractivity (Wildman–Crippen MR) is 152 cm³/mol. The summed E-state index contributed by atoms with van der Waals surface area (Å²) in [6, 6.07) is 15.8. The molecular weight excluding hydrogens is 510 g/mol. The Kier molecular flexibility index (Phi) is 8.07. The van der Waals surface area contributed by atoms with Crippen molar-refractivity contribution in [3.8, 4) is 0 Å². The van der Waals surface area contributed by atoms with Crippen molar-refractivity contribution in [1.82, 2.24) is 15.2 Å². The number of nitrogens with zero attached hydrogens (tertiary/aromatic N) is 2. The molecule has 0 saturated carbocycles. The van der Waals surface area contributed by atoms with Crippen LogP contribution in [0.5, 0.6) is 0 Å². The number of benzene rings is 2. The first kappa shape index (κ1) is 28.2. The zero-order valence-corrected chi connectivity index (χ0v) is 23.8. The first-order valence-electron chi connectivity index (χ1n) is 13.1. The number of carbonyl (C=O) groups is 3. The van der Waals surface area contributed by atoms with Crippen LogP contribution in [-0.2, 0) is 21.5 Å². The van der Waals surface area contributed by atoms with Crippen molar-refractivity contribution < 1.29 is 19.5 Å². The fourth-order valence-corrected chi connectivity index (χ4v) is 5.78. The number of aliphatic carboxylic acids is 1. The molecule has 0 fully saturated rings. The highest BCUT2D eigenvalue weighted by molar-refractivity contribution is 7.09. The van der Waals surface area contributed by atoms with E-state index >= 15 is 0 Å². The minimum Gasteiger partial charge on any atom is -0.479 e. The van der Waals surface area contributed by atoms with Gasteiger partial charge >= 0.3 is 5.97 Å². The van der Waals surface area contributed by atoms with E-state index in [0.29, 0.717) is 10.6 Å². The minimum absolute atomic E-state index is 0.0698. The van der Waals surface area contributed by atoms with Gasteiger partial charge in [0, 0.05) is 29.3 Å². The molecule has 4 rings (SSSR count). The average Bonchev–Trinajstić information content (AvgIpc) is 3.53. The molecule has 2 N–H and O–H groups in total. The van der Waals surface area contributed by atoms with Crippen LogP contribution in [0, 0.1) is 5.92 Å². The van der Waals surface area contributed by atoms with Crippen LogP contribution in [0.15, 0.2) is 77.8 Å². The number of aromatic nitrogens is 1. The van der Waals surface area contributed by atoms with Gasteiger partial charge in [0.1, 0.15) is 11.0 Å². The Morgan fingerprint density at radius 3 is 2.28 bits per heavy atom. The predicted octanol–water partition coefficient (Wildman–Crippen LogP) is 5.75. The van der Waals surface area contributed by atoms with Gasteiger partial charge in [0.15, 0.2) is 5.54 Å². The molecule has 0 radical (unpaired) electrons. The number of carboxylic acids is 1. The summed E-state index contributed by atoms with van der Waals surface area (Å²) in [4.78, 5) is 46.7. The summed E-state index contributed by atoms with van der Waals surface area (Å²) in [7, 11) is 0. The number of hydrogen-bond acceptors (Lipinski definition) is 5. The van der Waals surface area contributed by atoms with Crippen molar-refractivity contribution >= 4 is 29.1 Å². The number of carboxylic acid groups (broad SMARTS) is 1. The molecular formula is C31H35N3O4S. The lowest BCUT2D eigenvalue weighted by molar-refractivity contribution is -0.148. The van der Waals surface area contributed by atoms with Crippen molar-refractivity contribution in [3.63, 3.8) is 0 Å². The largest absolute Gasteiger partial charge is 0.479 e. The van der Waals surface area contributed by atoms with E-state index in [1.807, 2.05) is 56.3 Å². The molecule has 0 bridgehead atoms. The van der Waals surface area contributed by atoms with Gasteiger partial charge in [-0.3, -0.25) is 9.59 Å². The van der Waals surface area contributed by atoms with Crippen molar-refractivity contribution in [3.05, 3.63) is 99.5 Å². The van der Waals surface area contributed by atoms with E-state index in [0.717, 1.165) is 11.1 Å². The highest BCUT2D eigenvalue weighted by atomic mass is 32.1. The monoisotopic (exact) mass is 545 g/mol. The topological polar surface area (TPSA) is 99.6 Å². The number of amides is 2. The Labute approximate surface area is 233 Å². The third-order valence-electron chi connectivity index (χ3n) is 6.93. The normalized spacial score (nSPS) is 19.2. The van der Waals surface area contributed by atoms with Gasteiger partial charge in [-0.2, -0.15) is 0 Å². The molecule has 7 nitrogen and oxygen atoms in total. The summed E-state index contributed by atoms with van der Waals surface area (Å²) >= 11 is 1.29. The van der Waals surface area contributed by atoms with Gasteiger partial charge in [-0.05, 0) is 47.1 Å². The van der Waals surface area contributed by atoms with Crippen LogP contribution in [-0.4, -0.2) is 38.3 Å². The van der Waals surface area contributed by atoms with Gasteiger partial charge in [-0.25, -0.2) is 9.78 Å². The maximum absolute atomic E-state index is 14.2. The number of hydrogen-bond donors (Lipinski definition) is 2. The van der Waals surface area contributed by atoms with Crippen LogP contribution in [0.4, 0.5) is 0 Å². The van der Waals surface area contributed by atoms with Gasteiger partial charge in [0.05, 0.1) is 0 Å². The van der Waals surface area contributed by atoms with Gasteiger partial charge < -0.3 is 15.3 Å². The molecule has 0 saturated heterocycles. The summed E-state index contributed by atoms with van der Waals surface area (Å²) in [6.45, 7) is 10.4. The number of thiazole rings is 1. The van der Waals surface area contributed by atoms with Gasteiger partial charge in [-0.1, -0.05) is 77.1 Å². The molecule has 204 valence electrons. The number of rotatable bonds is 8. The first-order valence-corrected chi connectivity index (χ1v) is 13.9. The van der Waals surface area contributed by atoms with Gasteiger partial charge in [0.25, 0.3) is 5.91 Å². The summed E-state index contributed by atoms with van der Waals surface area (Å²) in [5, 5.41) is 15.8. The molecule has 2 aromatic carbocycles. The van der Waals surface area contributed by atoms with Crippen molar-refractivity contribution in [1.29, 1.82) is 0 Å². The van der Waals surface area contributed by atoms with E-state index < -0.39 is 29.4 Å². The molecule has 1 aliphatic rings. The maximum atomic E-state index is 14.2. The van der Waals surface area contributed by atoms with Crippen molar-refractivity contribution in [2.75, 3.05) is 0 Å². The van der Waals surface area contributed by atoms with E-state index in [-0.39, 0.29) is 29.9 Å². The zero-order valence-electron chi connectivity index (χ0n) is 23.0. The van der Waals surface area contributed by atoms with E-state index in [4.69, 9.17) is 0 Å². The Balaban J connectivity index is 1.81. The van der Waals surface area contributed by atoms with E-state index in [9.17, 15) is 19.5 Å². The van der Waals surface area contributed by atoms with Crippen molar-refractivity contribution in [2.45, 2.75) is 64.6 Å². The Morgan fingerprint density at radius 1 is 1.08 bits per heavy atom. The highest BCUT2D eigenvalue weighted by Gasteiger charge is 2.56. The molecule has 2 heterocycles. The molecule has 0 unspecified atom stereocenters. The summed E-state index contributed by atoms with van der Waals surface area (Å²) < 4.78 is 0. The zero-order chi connectivity index (χ0) is 28.4. The summed E-state index contributed by atoms with van der Waals surface area (Å²) in [5.41, 5.74) is 0.717. The fourth-order valence-electron chi connectivity index (χ4n) is 5.04. The van der Waals surface area contributed by atoms with Crippen LogP contribution >= 0.6 is 11.3 Å². The number of nitrogens with one attached hydrogen (secondary N) is 1. The Bertz CT molecular complexity index is 1360. The molecule has 3 aromatic rings. The second-order valence-corrected chi connectivity index (χ2v) is 12.3. The molecule has 2 amide bonds. The standard InChI is InChI=1S/C31H35N3O4S/c1-20(2)17-31(29(37)38)18-24(26(35)33-19-21-9-7-6-8-10-21)25(27-32-15-16-39-27)34(31)28(36)22-11-13-23(14-12-22)30(3,4)5/h6-16,18,20,25H,17,19H2,1-5H3,(H,33,35)(H,37,38)/t25-,31+/m1/s1. The Morgan fingerprint density at radius 2 is 1.74 bits per heavy atom. The van der Waals surface area contributed by atoms with Crippen LogP contribution < -0.4 is 5.32 Å². The molecule has 8 heteroatoms. The smallest absolute Gasteiger partial charge is 0.333 e. The first-order chi connectivity index (χ1) is 18.4. The van der Waals surface area contributed by atoms with Crippen LogP contribution in [0.1, 0.15) is 73.6 Å². The minimum atomic E-state index is -1.72. The van der Waals surface area contributed by atoms with E-state index in [2.05, 4.69) is 31.1 Å². The lowest BCUT2D eigenvalue weighted by atomic mass is 9.86. The summed E-state index contributed by atoms with van der Waals surface area (Å²) in [5.74, 6) is -2.13. The Hall–Kier alpha value is -3.78. The van der Waals surface area contributed by atoms with Gasteiger partial charge in [-0.15, -0.1) is 11.3 Å². The molecule has 0 aliphatic carbocycles. The van der Waals surface area contributed by atoms with Crippen LogP contribution in [0.3, 0.4) is 0 Å². The average molecular weight is 546 g/mol. The molecule has 0 spiro atoms. The summed E-state index contributed by atoms with van der Waals surface area (Å²) in [6.07, 6.45) is 3.22. The molecule has 1 aliphatic heterocycles. The molecule has 39 heavy (non-hydrogen) atoms. The lowest BCUT2D eigenvalue weighted by Crippen LogP contribution is -2.55. The highest BCUT2D eigenvalue weighted by Crippen LogP contribution is 2.47. The number of carbonyl (C=O) groups excluding carboxylic acids is 2. The van der Waals surface area contributed by atoms with Crippen LogP contribution in [0.2, 0.25) is 0 Å². The van der Waals surface area contributed by atoms with Gasteiger partial charge in [0.2, 0.25) is 5.91 Å². The molecule has 2 atom stereocenters. The maximum Gasteiger partial charge on any atom is 0.333 e. The van der Waals surface area contributed by atoms with E-state index in [1.54, 1.807) is 23.7 Å². The van der Waals surface area contributed by atoms with Crippen molar-refractivity contribution in [2.24, 2.45) is 5.92 Å². The fraction of sp³-hybridized carbons (Fsp3) is 0.355. The lowest BCUT2D eigenvalue weighted by Gasteiger charge is -2.39. The van der Waals surface area contributed by atoms with Crippen LogP contribution in [0.25, 0.3) is 0 Å². The third kappa shape index (κ3) is 5.81. The third-order valence-corrected chi connectivity index (χ3v) is 7.75. The molecule has 1 aromatic heterocycles. The quantitative estimate of drug-likeness (QED) is 0.376.